The van der Waals surface area contributed by atoms with E-state index in [9.17, 15) is 4.79 Å². The average Bonchev–Trinajstić information content (AvgIpc) is 2.55. The van der Waals surface area contributed by atoms with Crippen molar-refractivity contribution >= 4 is 29.0 Å². The molecule has 0 unspecified atom stereocenters. The molecular formula is C17H13NO2S. The molecule has 3 rings (SSSR count). The van der Waals surface area contributed by atoms with Gasteiger partial charge in [-0.2, -0.15) is 0 Å². The number of hydrogen-bond acceptors (Lipinski definition) is 4. The Bertz CT molecular complexity index is 784. The van der Waals surface area contributed by atoms with Crippen molar-refractivity contribution in [3.05, 3.63) is 60.2 Å². The maximum Gasteiger partial charge on any atom is 0.230 e. The molecule has 1 heterocycles. The lowest BCUT2D eigenvalue weighted by Gasteiger charge is -2.08. The van der Waals surface area contributed by atoms with E-state index in [-0.39, 0.29) is 0 Å². The highest BCUT2D eigenvalue weighted by Crippen LogP contribution is 2.27. The topological polar surface area (TPSA) is 39.2 Å². The van der Waals surface area contributed by atoms with E-state index in [1.54, 1.807) is 17.8 Å². The van der Waals surface area contributed by atoms with Gasteiger partial charge in [-0.05, 0) is 42.7 Å². The van der Waals surface area contributed by atoms with Gasteiger partial charge in [-0.3, -0.25) is 4.79 Å². The lowest BCUT2D eigenvalue weighted by Crippen LogP contribution is -1.94. The summed E-state index contributed by atoms with van der Waals surface area (Å²) in [5.74, 6) is 0.999. The molecule has 21 heavy (non-hydrogen) atoms. The van der Waals surface area contributed by atoms with E-state index in [2.05, 4.69) is 4.98 Å². The van der Waals surface area contributed by atoms with Gasteiger partial charge in [0.05, 0.1) is 11.1 Å². The zero-order chi connectivity index (χ0) is 14.7. The van der Waals surface area contributed by atoms with Gasteiger partial charge in [-0.1, -0.05) is 18.2 Å². The van der Waals surface area contributed by atoms with Crippen molar-refractivity contribution in [3.63, 3.8) is 0 Å². The fraction of sp³-hybridized carbons (Fsp3) is 0.0588. The largest absolute Gasteiger partial charge is 0.438 e. The highest BCUT2D eigenvalue weighted by molar-refractivity contribution is 7.98. The van der Waals surface area contributed by atoms with Crippen molar-refractivity contribution in [2.45, 2.75) is 4.90 Å². The Kier molecular flexibility index (Phi) is 3.88. The molecular weight excluding hydrogens is 282 g/mol. The van der Waals surface area contributed by atoms with Crippen LogP contribution < -0.4 is 4.74 Å². The first-order chi connectivity index (χ1) is 10.3. The second-order valence-corrected chi connectivity index (χ2v) is 5.35. The fourth-order valence-corrected chi connectivity index (χ4v) is 2.44. The minimum atomic E-state index is 0.334. The third-order valence-corrected chi connectivity index (χ3v) is 3.86. The number of rotatable bonds is 4. The molecule has 0 fully saturated rings. The number of thioether (sulfide) groups is 1. The molecule has 0 radical (unpaired) electrons. The van der Waals surface area contributed by atoms with Crippen LogP contribution in [0.5, 0.6) is 11.6 Å². The van der Waals surface area contributed by atoms with Gasteiger partial charge >= 0.3 is 0 Å². The van der Waals surface area contributed by atoms with E-state index in [0.29, 0.717) is 17.2 Å². The second-order valence-electron chi connectivity index (χ2n) is 4.47. The van der Waals surface area contributed by atoms with Crippen LogP contribution >= 0.6 is 11.8 Å². The van der Waals surface area contributed by atoms with Gasteiger partial charge < -0.3 is 4.74 Å². The van der Waals surface area contributed by atoms with Gasteiger partial charge in [0.1, 0.15) is 5.75 Å². The molecule has 0 aliphatic rings. The van der Waals surface area contributed by atoms with Gasteiger partial charge in [0, 0.05) is 10.3 Å². The smallest absolute Gasteiger partial charge is 0.230 e. The third kappa shape index (κ3) is 2.90. The first kappa shape index (κ1) is 13.6. The van der Waals surface area contributed by atoms with Gasteiger partial charge in [0.2, 0.25) is 5.88 Å². The number of para-hydroxylation sites is 1. The van der Waals surface area contributed by atoms with E-state index in [1.165, 1.54) is 0 Å². The third-order valence-electron chi connectivity index (χ3n) is 3.12. The highest BCUT2D eigenvalue weighted by Gasteiger charge is 2.08. The summed E-state index contributed by atoms with van der Waals surface area (Å²) in [5, 5.41) is 0.921. The Morgan fingerprint density at radius 3 is 2.57 bits per heavy atom. The molecule has 104 valence electrons. The SMILES string of the molecule is CSc1ccc(Oc2nc3ccccc3cc2C=O)cc1. The Labute approximate surface area is 127 Å². The lowest BCUT2D eigenvalue weighted by atomic mass is 10.1. The van der Waals surface area contributed by atoms with Gasteiger partial charge in [-0.25, -0.2) is 4.98 Å². The van der Waals surface area contributed by atoms with E-state index in [0.717, 1.165) is 22.1 Å². The number of ether oxygens (including phenoxy) is 1. The Morgan fingerprint density at radius 2 is 1.86 bits per heavy atom. The molecule has 3 aromatic rings. The number of fused-ring (bicyclic) bond motifs is 1. The standard InChI is InChI=1S/C17H13NO2S/c1-21-15-8-6-14(7-9-15)20-17-13(11-19)10-12-4-2-3-5-16(12)18-17/h2-11H,1H3. The van der Waals surface area contributed by atoms with Crippen LogP contribution in [-0.4, -0.2) is 17.5 Å². The minimum absolute atomic E-state index is 0.334. The number of carbonyl (C=O) groups is 1. The van der Waals surface area contributed by atoms with Crippen molar-refractivity contribution < 1.29 is 9.53 Å². The maximum absolute atomic E-state index is 11.2. The van der Waals surface area contributed by atoms with Gasteiger partial charge in [-0.15, -0.1) is 11.8 Å². The van der Waals surface area contributed by atoms with Crippen LogP contribution in [0.25, 0.3) is 10.9 Å². The number of pyridine rings is 1. The van der Waals surface area contributed by atoms with Crippen molar-refractivity contribution in [2.75, 3.05) is 6.26 Å². The number of nitrogens with zero attached hydrogens (tertiary/aromatic N) is 1. The molecule has 3 nitrogen and oxygen atoms in total. The molecule has 0 spiro atoms. The van der Waals surface area contributed by atoms with Crippen LogP contribution in [0.4, 0.5) is 0 Å². The number of hydrogen-bond donors (Lipinski definition) is 0. The maximum atomic E-state index is 11.2. The van der Waals surface area contributed by atoms with Crippen LogP contribution in [0.3, 0.4) is 0 Å². The van der Waals surface area contributed by atoms with Gasteiger partial charge in [0.25, 0.3) is 0 Å². The summed E-state index contributed by atoms with van der Waals surface area (Å²) in [5.41, 5.74) is 1.25. The van der Waals surface area contributed by atoms with E-state index in [4.69, 9.17) is 4.74 Å². The summed E-state index contributed by atoms with van der Waals surface area (Å²) in [6, 6.07) is 17.1. The van der Waals surface area contributed by atoms with E-state index >= 15 is 0 Å². The molecule has 0 amide bonds. The predicted molar refractivity (Wildman–Crippen MR) is 85.4 cm³/mol. The molecule has 0 aliphatic heterocycles. The number of benzene rings is 2. The van der Waals surface area contributed by atoms with Crippen LogP contribution in [0.15, 0.2) is 59.5 Å². The summed E-state index contributed by atoms with van der Waals surface area (Å²) < 4.78 is 5.76. The van der Waals surface area contributed by atoms with Gasteiger partial charge in [0.15, 0.2) is 6.29 Å². The summed E-state index contributed by atoms with van der Waals surface area (Å²) in [6.07, 6.45) is 2.79. The Balaban J connectivity index is 1.99. The number of aldehydes is 1. The van der Waals surface area contributed by atoms with Crippen molar-refractivity contribution in [2.24, 2.45) is 0 Å². The summed E-state index contributed by atoms with van der Waals surface area (Å²) in [7, 11) is 0. The molecule has 4 heteroatoms. The van der Waals surface area contributed by atoms with Crippen molar-refractivity contribution in [3.8, 4) is 11.6 Å². The zero-order valence-corrected chi connectivity index (χ0v) is 12.3. The Morgan fingerprint density at radius 1 is 1.10 bits per heavy atom. The molecule has 0 saturated carbocycles. The molecule has 0 atom stereocenters. The molecule has 0 aliphatic carbocycles. The van der Waals surface area contributed by atoms with E-state index < -0.39 is 0 Å². The number of carbonyl (C=O) groups excluding carboxylic acids is 1. The zero-order valence-electron chi connectivity index (χ0n) is 11.4. The molecule has 1 aromatic heterocycles. The second kappa shape index (κ2) is 5.97. The van der Waals surface area contributed by atoms with Crippen LogP contribution in [0, 0.1) is 0 Å². The molecule has 0 bridgehead atoms. The number of aromatic nitrogens is 1. The van der Waals surface area contributed by atoms with E-state index in [1.807, 2.05) is 54.8 Å². The normalized spacial score (nSPS) is 10.5. The van der Waals surface area contributed by atoms with Crippen LogP contribution in [0.1, 0.15) is 10.4 Å². The lowest BCUT2D eigenvalue weighted by molar-refractivity contribution is 0.112. The van der Waals surface area contributed by atoms with Crippen molar-refractivity contribution in [1.29, 1.82) is 0 Å². The summed E-state index contributed by atoms with van der Waals surface area (Å²) in [6.45, 7) is 0. The quantitative estimate of drug-likeness (QED) is 0.522. The highest BCUT2D eigenvalue weighted by atomic mass is 32.2. The van der Waals surface area contributed by atoms with Crippen LogP contribution in [-0.2, 0) is 0 Å². The molecule has 2 aromatic carbocycles. The average molecular weight is 295 g/mol. The minimum Gasteiger partial charge on any atom is -0.438 e. The Hall–Kier alpha value is -2.33. The fourth-order valence-electron chi connectivity index (χ4n) is 2.04. The predicted octanol–water partition coefficient (Wildman–Crippen LogP) is 4.56. The molecule has 0 saturated heterocycles. The monoisotopic (exact) mass is 295 g/mol. The first-order valence-corrected chi connectivity index (χ1v) is 7.69. The van der Waals surface area contributed by atoms with Crippen molar-refractivity contribution in [1.82, 2.24) is 4.98 Å². The molecule has 0 N–H and O–H groups in total. The van der Waals surface area contributed by atoms with Crippen LogP contribution in [0.2, 0.25) is 0 Å². The summed E-state index contributed by atoms with van der Waals surface area (Å²) in [4.78, 5) is 16.8. The summed E-state index contributed by atoms with van der Waals surface area (Å²) >= 11 is 1.67. The first-order valence-electron chi connectivity index (χ1n) is 6.47.